The fourth-order valence-corrected chi connectivity index (χ4v) is 2.43. The number of hydrogen-bond acceptors (Lipinski definition) is 4. The molecule has 0 rings (SSSR count). The molecule has 0 saturated carbocycles. The molecule has 5 nitrogen and oxygen atoms in total. The Kier molecular flexibility index (Phi) is 5.82. The van der Waals surface area contributed by atoms with Crippen LogP contribution in [0.4, 0.5) is 0 Å². The van der Waals surface area contributed by atoms with Crippen LogP contribution in [0.1, 0.15) is 20.8 Å². The monoisotopic (exact) mass is 236 g/mol. The van der Waals surface area contributed by atoms with E-state index < -0.39 is 15.1 Å². The first-order chi connectivity index (χ1) is 6.90. The molecule has 2 N–H and O–H groups in total. The third-order valence-electron chi connectivity index (χ3n) is 2.36. The molecule has 0 saturated heterocycles. The van der Waals surface area contributed by atoms with Gasteiger partial charge in [0.2, 0.25) is 5.91 Å². The number of nitrogens with zero attached hydrogens (tertiary/aromatic N) is 1. The molecule has 0 fully saturated rings. The quantitative estimate of drug-likeness (QED) is 0.681. The number of carbonyl (C=O) groups excluding carboxylic acids is 1. The van der Waals surface area contributed by atoms with Crippen LogP contribution in [0.5, 0.6) is 0 Å². The zero-order valence-corrected chi connectivity index (χ0v) is 10.4. The van der Waals surface area contributed by atoms with Gasteiger partial charge in [0.25, 0.3) is 0 Å². The van der Waals surface area contributed by atoms with Crippen molar-refractivity contribution in [3.05, 3.63) is 0 Å². The van der Waals surface area contributed by atoms with Gasteiger partial charge in [-0.15, -0.1) is 0 Å². The second-order valence-electron chi connectivity index (χ2n) is 3.31. The topological polar surface area (TPSA) is 80.5 Å². The van der Waals surface area contributed by atoms with Crippen molar-refractivity contribution in [2.75, 3.05) is 25.4 Å². The van der Waals surface area contributed by atoms with E-state index in [9.17, 15) is 13.2 Å². The highest BCUT2D eigenvalue weighted by Gasteiger charge is 2.29. The molecule has 1 atom stereocenters. The maximum Gasteiger partial charge on any atom is 0.240 e. The molecule has 15 heavy (non-hydrogen) atoms. The lowest BCUT2D eigenvalue weighted by Crippen LogP contribution is -2.42. The fraction of sp³-hybridized carbons (Fsp3) is 0.889. The molecule has 0 aromatic rings. The molecule has 0 aromatic heterocycles. The summed E-state index contributed by atoms with van der Waals surface area (Å²) in [6, 6.07) is 0. The van der Waals surface area contributed by atoms with E-state index in [0.717, 1.165) is 0 Å². The van der Waals surface area contributed by atoms with Gasteiger partial charge in [-0.05, 0) is 20.8 Å². The molecule has 0 aliphatic rings. The molecule has 0 radical (unpaired) electrons. The molecule has 0 spiro atoms. The minimum absolute atomic E-state index is 0.0538. The lowest BCUT2D eigenvalue weighted by Gasteiger charge is -2.22. The molecular formula is C9H20N2O3S. The smallest absolute Gasteiger partial charge is 0.240 e. The molecular weight excluding hydrogens is 216 g/mol. The average Bonchev–Trinajstić information content (AvgIpc) is 2.18. The van der Waals surface area contributed by atoms with Crippen LogP contribution in [-0.2, 0) is 14.6 Å². The molecule has 0 heterocycles. The second-order valence-corrected chi connectivity index (χ2v) is 5.75. The minimum Gasteiger partial charge on any atom is -0.342 e. The zero-order chi connectivity index (χ0) is 12.1. The van der Waals surface area contributed by atoms with E-state index in [1.165, 1.54) is 11.8 Å². The third kappa shape index (κ3) is 3.79. The number of nitrogens with two attached hydrogens (primary N) is 1. The highest BCUT2D eigenvalue weighted by atomic mass is 32.2. The number of hydrogen-bond donors (Lipinski definition) is 1. The minimum atomic E-state index is -3.39. The molecule has 0 aromatic carbocycles. The first kappa shape index (κ1) is 14.4. The van der Waals surface area contributed by atoms with Gasteiger partial charge in [-0.25, -0.2) is 8.42 Å². The van der Waals surface area contributed by atoms with Gasteiger partial charge >= 0.3 is 0 Å². The Bertz CT molecular complexity index is 296. The van der Waals surface area contributed by atoms with Gasteiger partial charge in [-0.1, -0.05) is 0 Å². The summed E-state index contributed by atoms with van der Waals surface area (Å²) in [5.74, 6) is -0.477. The summed E-state index contributed by atoms with van der Waals surface area (Å²) in [5, 5.41) is -0.985. The highest BCUT2D eigenvalue weighted by Crippen LogP contribution is 2.06. The summed E-state index contributed by atoms with van der Waals surface area (Å²) in [4.78, 5) is 13.2. The van der Waals surface area contributed by atoms with E-state index >= 15 is 0 Å². The van der Waals surface area contributed by atoms with Crippen LogP contribution in [0.2, 0.25) is 0 Å². The number of amides is 1. The van der Waals surface area contributed by atoms with Gasteiger partial charge in [-0.3, -0.25) is 4.79 Å². The van der Waals surface area contributed by atoms with Crippen LogP contribution < -0.4 is 5.73 Å². The van der Waals surface area contributed by atoms with E-state index in [-0.39, 0.29) is 18.2 Å². The van der Waals surface area contributed by atoms with Gasteiger partial charge in [0.15, 0.2) is 9.84 Å². The number of rotatable bonds is 6. The van der Waals surface area contributed by atoms with Crippen LogP contribution in [0.3, 0.4) is 0 Å². The van der Waals surface area contributed by atoms with Gasteiger partial charge in [0, 0.05) is 19.6 Å². The molecule has 0 aliphatic heterocycles. The van der Waals surface area contributed by atoms with Crippen LogP contribution in [0, 0.1) is 0 Å². The SMILES string of the molecule is CCN(CC)C(=O)C(C)S(=O)(=O)CCN. The highest BCUT2D eigenvalue weighted by molar-refractivity contribution is 7.92. The van der Waals surface area contributed by atoms with Crippen molar-refractivity contribution in [3.63, 3.8) is 0 Å². The summed E-state index contributed by atoms with van der Waals surface area (Å²) in [7, 11) is -3.39. The van der Waals surface area contributed by atoms with Crippen molar-refractivity contribution >= 4 is 15.7 Å². The van der Waals surface area contributed by atoms with Crippen molar-refractivity contribution in [2.24, 2.45) is 5.73 Å². The van der Waals surface area contributed by atoms with Crippen molar-refractivity contribution in [1.29, 1.82) is 0 Å². The van der Waals surface area contributed by atoms with Crippen LogP contribution in [-0.4, -0.2) is 49.9 Å². The van der Waals surface area contributed by atoms with Crippen LogP contribution in [0.25, 0.3) is 0 Å². The molecule has 6 heteroatoms. The summed E-state index contributed by atoms with van der Waals surface area (Å²) >= 11 is 0. The summed E-state index contributed by atoms with van der Waals surface area (Å²) in [5.41, 5.74) is 5.19. The first-order valence-electron chi connectivity index (χ1n) is 5.11. The average molecular weight is 236 g/mol. The van der Waals surface area contributed by atoms with Crippen molar-refractivity contribution in [1.82, 2.24) is 4.90 Å². The molecule has 0 bridgehead atoms. The maximum absolute atomic E-state index is 11.7. The van der Waals surface area contributed by atoms with Crippen molar-refractivity contribution in [3.8, 4) is 0 Å². The van der Waals surface area contributed by atoms with Crippen LogP contribution in [0.15, 0.2) is 0 Å². The Morgan fingerprint density at radius 2 is 1.80 bits per heavy atom. The van der Waals surface area contributed by atoms with E-state index in [2.05, 4.69) is 0 Å². The molecule has 1 unspecified atom stereocenters. The van der Waals surface area contributed by atoms with E-state index in [0.29, 0.717) is 13.1 Å². The normalized spacial score (nSPS) is 13.6. The van der Waals surface area contributed by atoms with E-state index in [1.54, 1.807) is 0 Å². The van der Waals surface area contributed by atoms with Gasteiger partial charge in [0.05, 0.1) is 5.75 Å². The van der Waals surface area contributed by atoms with Gasteiger partial charge in [-0.2, -0.15) is 0 Å². The summed E-state index contributed by atoms with van der Waals surface area (Å²) in [6.45, 7) is 6.17. The summed E-state index contributed by atoms with van der Waals surface area (Å²) in [6.07, 6.45) is 0. The Labute approximate surface area is 91.5 Å². The summed E-state index contributed by atoms with van der Waals surface area (Å²) < 4.78 is 23.2. The van der Waals surface area contributed by atoms with Gasteiger partial charge in [0.1, 0.15) is 5.25 Å². The Morgan fingerprint density at radius 1 is 1.33 bits per heavy atom. The van der Waals surface area contributed by atoms with Crippen LogP contribution >= 0.6 is 0 Å². The lowest BCUT2D eigenvalue weighted by atomic mass is 10.4. The Morgan fingerprint density at radius 3 is 2.13 bits per heavy atom. The number of sulfone groups is 1. The zero-order valence-electron chi connectivity index (χ0n) is 9.56. The third-order valence-corrected chi connectivity index (χ3v) is 4.45. The largest absolute Gasteiger partial charge is 0.342 e. The molecule has 90 valence electrons. The maximum atomic E-state index is 11.7. The molecule has 0 aliphatic carbocycles. The fourth-order valence-electron chi connectivity index (χ4n) is 1.29. The van der Waals surface area contributed by atoms with Crippen molar-refractivity contribution in [2.45, 2.75) is 26.0 Å². The van der Waals surface area contributed by atoms with E-state index in [4.69, 9.17) is 5.73 Å². The van der Waals surface area contributed by atoms with E-state index in [1.807, 2.05) is 13.8 Å². The second kappa shape index (κ2) is 6.07. The first-order valence-corrected chi connectivity index (χ1v) is 6.82. The Hall–Kier alpha value is -0.620. The van der Waals surface area contributed by atoms with Gasteiger partial charge < -0.3 is 10.6 Å². The number of carbonyl (C=O) groups is 1. The Balaban J connectivity index is 4.70. The standard InChI is InChI=1S/C9H20N2O3S/c1-4-11(5-2)9(12)8(3)15(13,14)7-6-10/h8H,4-7,10H2,1-3H3. The molecule has 1 amide bonds. The lowest BCUT2D eigenvalue weighted by molar-refractivity contribution is -0.130. The predicted molar refractivity (Wildman–Crippen MR) is 60.2 cm³/mol. The predicted octanol–water partition coefficient (Wildman–Crippen LogP) is -0.383. The van der Waals surface area contributed by atoms with Crippen molar-refractivity contribution < 1.29 is 13.2 Å².